The number of benzene rings is 1. The zero-order valence-corrected chi connectivity index (χ0v) is 18.5. The zero-order chi connectivity index (χ0) is 21.8. The van der Waals surface area contributed by atoms with Crippen LogP contribution in [0.2, 0.25) is 0 Å². The number of ether oxygens (including phenoxy) is 1. The Morgan fingerprint density at radius 2 is 1.90 bits per heavy atom. The molecule has 0 saturated carbocycles. The maximum Gasteiger partial charge on any atom is 0.332 e. The number of phenolic OH excluding ortho intramolecular Hbond substituents is 1. The fourth-order valence-corrected chi connectivity index (χ4v) is 4.08. The van der Waals surface area contributed by atoms with Crippen LogP contribution in [-0.4, -0.2) is 71.8 Å². The van der Waals surface area contributed by atoms with Crippen LogP contribution in [0.4, 0.5) is 0 Å². The summed E-state index contributed by atoms with van der Waals surface area (Å²) in [7, 11) is 0. The van der Waals surface area contributed by atoms with Gasteiger partial charge in [-0.2, -0.15) is 0 Å². The summed E-state index contributed by atoms with van der Waals surface area (Å²) < 4.78 is 5.72. The average molecular weight is 439 g/mol. The molecule has 0 saturated heterocycles. The summed E-state index contributed by atoms with van der Waals surface area (Å²) in [6, 6.07) is 5.07. The van der Waals surface area contributed by atoms with E-state index in [1.807, 2.05) is 0 Å². The largest absolute Gasteiger partial charge is 0.507 e. The van der Waals surface area contributed by atoms with Gasteiger partial charge in [0.05, 0.1) is 6.61 Å². The Hall–Kier alpha value is -1.81. The van der Waals surface area contributed by atoms with E-state index in [0.29, 0.717) is 28.7 Å². The third-order valence-corrected chi connectivity index (χ3v) is 6.07. The van der Waals surface area contributed by atoms with Crippen LogP contribution in [-0.2, 0) is 4.79 Å². The van der Waals surface area contributed by atoms with Crippen LogP contribution >= 0.6 is 11.8 Å². The Labute approximate surface area is 182 Å². The van der Waals surface area contributed by atoms with Crippen molar-refractivity contribution in [1.29, 1.82) is 0 Å². The van der Waals surface area contributed by atoms with Gasteiger partial charge in [0.15, 0.2) is 5.54 Å². The van der Waals surface area contributed by atoms with Gasteiger partial charge in [-0.25, -0.2) is 4.79 Å². The fourth-order valence-electron chi connectivity index (χ4n) is 2.88. The molecule has 1 aromatic rings. The predicted molar refractivity (Wildman–Crippen MR) is 122 cm³/mol. The van der Waals surface area contributed by atoms with E-state index in [1.54, 1.807) is 25.1 Å². The first-order valence-electron chi connectivity index (χ1n) is 10.5. The summed E-state index contributed by atoms with van der Waals surface area (Å²) in [6.07, 6.45) is 4.06. The van der Waals surface area contributed by atoms with Gasteiger partial charge in [-0.05, 0) is 77.5 Å². The van der Waals surface area contributed by atoms with Gasteiger partial charge in [0.1, 0.15) is 16.5 Å². The Balaban J connectivity index is 1.62. The minimum atomic E-state index is -1.14. The van der Waals surface area contributed by atoms with Crippen LogP contribution < -0.4 is 21.1 Å². The van der Waals surface area contributed by atoms with Crippen LogP contribution in [0.3, 0.4) is 0 Å². The van der Waals surface area contributed by atoms with Crippen molar-refractivity contribution < 1.29 is 19.7 Å². The molecule has 0 aromatic heterocycles. The van der Waals surface area contributed by atoms with Crippen LogP contribution in [0, 0.1) is 0 Å². The number of nitrogens with zero attached hydrogens (tertiary/aromatic N) is 1. The second-order valence-corrected chi connectivity index (χ2v) is 8.48. The molecule has 0 bridgehead atoms. The lowest BCUT2D eigenvalue weighted by molar-refractivity contribution is -0.141. The number of nitrogens with two attached hydrogens (primary N) is 1. The Morgan fingerprint density at radius 1 is 1.20 bits per heavy atom. The molecule has 0 fully saturated rings. The quantitative estimate of drug-likeness (QED) is 0.262. The van der Waals surface area contributed by atoms with Crippen molar-refractivity contribution in [2.24, 2.45) is 10.7 Å². The lowest BCUT2D eigenvalue weighted by atomic mass is 10.1. The lowest BCUT2D eigenvalue weighted by Crippen LogP contribution is -2.33. The van der Waals surface area contributed by atoms with Crippen molar-refractivity contribution in [3.8, 4) is 11.5 Å². The van der Waals surface area contributed by atoms with E-state index in [4.69, 9.17) is 10.5 Å². The highest BCUT2D eigenvalue weighted by atomic mass is 32.2. The lowest BCUT2D eigenvalue weighted by Gasteiger charge is -2.12. The molecule has 1 aliphatic rings. The average Bonchev–Trinajstić information content (AvgIpc) is 3.12. The summed E-state index contributed by atoms with van der Waals surface area (Å²) in [4.78, 5) is 15.6. The van der Waals surface area contributed by atoms with Crippen molar-refractivity contribution in [3.63, 3.8) is 0 Å². The first-order valence-corrected chi connectivity index (χ1v) is 11.5. The highest BCUT2D eigenvalue weighted by Crippen LogP contribution is 2.35. The monoisotopic (exact) mass is 438 g/mol. The van der Waals surface area contributed by atoms with Crippen LogP contribution in [0.5, 0.6) is 11.5 Å². The number of unbranched alkanes of at least 4 members (excludes halogenated alkanes) is 1. The molecule has 8 nitrogen and oxygen atoms in total. The first kappa shape index (κ1) is 24.5. The van der Waals surface area contributed by atoms with E-state index < -0.39 is 11.5 Å². The number of rotatable bonds is 15. The van der Waals surface area contributed by atoms with E-state index in [1.165, 1.54) is 11.8 Å². The fraction of sp³-hybridized carbons (Fsp3) is 0.619. The van der Waals surface area contributed by atoms with Gasteiger partial charge in [0.25, 0.3) is 0 Å². The number of nitrogens with one attached hydrogen (secondary N) is 2. The number of hydrogen-bond donors (Lipinski definition) is 5. The number of aromatic hydroxyl groups is 1. The van der Waals surface area contributed by atoms with Gasteiger partial charge >= 0.3 is 5.97 Å². The Bertz CT molecular complexity index is 716. The van der Waals surface area contributed by atoms with E-state index >= 15 is 0 Å². The topological polar surface area (TPSA) is 129 Å². The summed E-state index contributed by atoms with van der Waals surface area (Å²) in [6.45, 7) is 6.84. The second-order valence-electron chi connectivity index (χ2n) is 7.51. The van der Waals surface area contributed by atoms with Gasteiger partial charge in [0, 0.05) is 17.4 Å². The summed E-state index contributed by atoms with van der Waals surface area (Å²) in [5, 5.41) is 26.9. The molecule has 30 heavy (non-hydrogen) atoms. The van der Waals surface area contributed by atoms with E-state index in [-0.39, 0.29) is 5.75 Å². The molecule has 0 unspecified atom stereocenters. The number of carbonyl (C=O) groups is 1. The number of thioether (sulfide) groups is 1. The number of carboxylic acids is 1. The van der Waals surface area contributed by atoms with Crippen molar-refractivity contribution in [1.82, 2.24) is 10.6 Å². The van der Waals surface area contributed by atoms with Gasteiger partial charge < -0.3 is 31.3 Å². The normalized spacial score (nSPS) is 18.4. The molecule has 0 aliphatic carbocycles. The third kappa shape index (κ3) is 7.79. The molecule has 1 aliphatic heterocycles. The zero-order valence-electron chi connectivity index (χ0n) is 17.7. The van der Waals surface area contributed by atoms with Crippen LogP contribution in [0.1, 0.15) is 38.2 Å². The maximum absolute atomic E-state index is 11.3. The number of aliphatic imine (C=N–C) groups is 1. The molecule has 9 heteroatoms. The van der Waals surface area contributed by atoms with Crippen molar-refractivity contribution in [2.75, 3.05) is 45.1 Å². The highest BCUT2D eigenvalue weighted by molar-refractivity contribution is 8.14. The minimum Gasteiger partial charge on any atom is -0.507 e. The smallest absolute Gasteiger partial charge is 0.332 e. The highest BCUT2D eigenvalue weighted by Gasteiger charge is 2.38. The number of hydrogen-bond acceptors (Lipinski definition) is 8. The van der Waals surface area contributed by atoms with E-state index in [0.717, 1.165) is 58.4 Å². The van der Waals surface area contributed by atoms with E-state index in [9.17, 15) is 15.0 Å². The Kier molecular flexibility index (Phi) is 10.4. The van der Waals surface area contributed by atoms with Gasteiger partial charge in [0.2, 0.25) is 0 Å². The number of phenols is 1. The first-order chi connectivity index (χ1) is 14.5. The van der Waals surface area contributed by atoms with Crippen molar-refractivity contribution >= 4 is 22.8 Å². The van der Waals surface area contributed by atoms with Crippen LogP contribution in [0.25, 0.3) is 0 Å². The van der Waals surface area contributed by atoms with Crippen molar-refractivity contribution in [3.05, 3.63) is 23.8 Å². The summed E-state index contributed by atoms with van der Waals surface area (Å²) >= 11 is 1.34. The summed E-state index contributed by atoms with van der Waals surface area (Å²) in [5.74, 6) is 0.0411. The second kappa shape index (κ2) is 12.8. The standard InChI is InChI=1S/C21H34N4O4S/c1-21(20(27)28)15-30-19(25-21)17-7-6-16(14-18(17)26)29-13-3-2-9-23-11-5-12-24-10-4-8-22/h6-7,14,23-24,26H,2-5,8-13,15,22H2,1H3,(H,27,28)/t21-/m1/s1. The SMILES string of the molecule is C[C@]1(C(=O)O)CSC(c2ccc(OCCCCNCCCNCCCN)cc2O)=N1. The summed E-state index contributed by atoms with van der Waals surface area (Å²) in [5.41, 5.74) is 4.84. The molecule has 168 valence electrons. The molecular formula is C21H34N4O4S. The molecule has 1 heterocycles. The van der Waals surface area contributed by atoms with Gasteiger partial charge in [-0.1, -0.05) is 0 Å². The number of aliphatic carboxylic acids is 1. The van der Waals surface area contributed by atoms with Crippen LogP contribution in [0.15, 0.2) is 23.2 Å². The van der Waals surface area contributed by atoms with Gasteiger partial charge in [-0.15, -0.1) is 11.8 Å². The van der Waals surface area contributed by atoms with Crippen molar-refractivity contribution in [2.45, 2.75) is 38.1 Å². The number of carboxylic acid groups (broad SMARTS) is 1. The minimum absolute atomic E-state index is 0.0510. The van der Waals surface area contributed by atoms with E-state index in [2.05, 4.69) is 15.6 Å². The molecule has 2 rings (SSSR count). The molecule has 0 amide bonds. The Morgan fingerprint density at radius 3 is 2.53 bits per heavy atom. The molecule has 6 N–H and O–H groups in total. The molecule has 1 aromatic carbocycles. The molecule has 0 radical (unpaired) electrons. The molecule has 0 spiro atoms. The van der Waals surface area contributed by atoms with Gasteiger partial charge in [-0.3, -0.25) is 4.99 Å². The molecule has 1 atom stereocenters. The molecular weight excluding hydrogens is 404 g/mol. The maximum atomic E-state index is 11.3. The predicted octanol–water partition coefficient (Wildman–Crippen LogP) is 1.81. The third-order valence-electron chi connectivity index (χ3n) is 4.78.